The monoisotopic (exact) mass is 428 g/mol. The van der Waals surface area contributed by atoms with Crippen LogP contribution in [0.3, 0.4) is 0 Å². The van der Waals surface area contributed by atoms with Crippen LogP contribution in [0.4, 0.5) is 26.3 Å². The van der Waals surface area contributed by atoms with Crippen LogP contribution < -0.4 is 0 Å². The van der Waals surface area contributed by atoms with Gasteiger partial charge in [-0.25, -0.2) is 0 Å². The normalized spacial score (nSPS) is 17.5. The summed E-state index contributed by atoms with van der Waals surface area (Å²) < 4.78 is 99.9. The van der Waals surface area contributed by atoms with Gasteiger partial charge in [-0.15, -0.1) is 0 Å². The molecule has 1 unspecified atom stereocenters. The predicted molar refractivity (Wildman–Crippen MR) is 92.9 cm³/mol. The molecule has 0 amide bonds. The molecule has 0 N–H and O–H groups in total. The molecular formula is C17H31F6O3P. The van der Waals surface area contributed by atoms with Gasteiger partial charge < -0.3 is 0 Å². The minimum absolute atomic E-state index is 0.178. The van der Waals surface area contributed by atoms with Gasteiger partial charge in [0.1, 0.15) is 0 Å². The van der Waals surface area contributed by atoms with Crippen LogP contribution >= 0.6 is 7.60 Å². The van der Waals surface area contributed by atoms with Gasteiger partial charge in [0.15, 0.2) is 12.2 Å². The third kappa shape index (κ3) is 12.7. The molecule has 0 aromatic rings. The Morgan fingerprint density at radius 1 is 0.704 bits per heavy atom. The molecule has 10 heteroatoms. The maximum Gasteiger partial charge on any atom is 0.415 e. The van der Waals surface area contributed by atoms with E-state index >= 15 is 0 Å². The summed E-state index contributed by atoms with van der Waals surface area (Å²) >= 11 is 0. The lowest BCUT2D eigenvalue weighted by atomic mass is 10.1. The molecule has 0 aliphatic rings. The summed E-state index contributed by atoms with van der Waals surface area (Å²) in [6.07, 6.45) is -10.8. The van der Waals surface area contributed by atoms with E-state index in [-0.39, 0.29) is 12.8 Å². The lowest BCUT2D eigenvalue weighted by Crippen LogP contribution is -2.34. The molecule has 0 aliphatic carbocycles. The summed E-state index contributed by atoms with van der Waals surface area (Å²) in [4.78, 5) is 0. The standard InChI is InChI=1S/C17H31F6O3P/c1-4-6-8-10-12-14(16(18,19)20)25-27(3,24)26-15(17(21,22)23)13-11-9-7-5-2/h14-15H,4-13H2,1-3H3/t14-,15+,27?. The Bertz CT molecular complexity index is 403. The van der Waals surface area contributed by atoms with E-state index in [4.69, 9.17) is 0 Å². The highest BCUT2D eigenvalue weighted by atomic mass is 31.2. The van der Waals surface area contributed by atoms with Crippen molar-refractivity contribution in [3.05, 3.63) is 0 Å². The van der Waals surface area contributed by atoms with E-state index in [1.165, 1.54) is 0 Å². The van der Waals surface area contributed by atoms with Crippen LogP contribution in [0.2, 0.25) is 0 Å². The quantitative estimate of drug-likeness (QED) is 0.162. The van der Waals surface area contributed by atoms with Gasteiger partial charge in [-0.05, 0) is 12.8 Å². The van der Waals surface area contributed by atoms with E-state index in [2.05, 4.69) is 9.05 Å². The molecule has 0 radical (unpaired) electrons. The van der Waals surface area contributed by atoms with Crippen molar-refractivity contribution in [3.63, 3.8) is 0 Å². The zero-order valence-corrected chi connectivity index (χ0v) is 17.1. The second kappa shape index (κ2) is 12.3. The van der Waals surface area contributed by atoms with Crippen molar-refractivity contribution in [1.82, 2.24) is 0 Å². The fourth-order valence-electron chi connectivity index (χ4n) is 2.55. The lowest BCUT2D eigenvalue weighted by molar-refractivity contribution is -0.212. The number of unbranched alkanes of at least 4 members (excludes halogenated alkanes) is 6. The molecule has 0 fully saturated rings. The van der Waals surface area contributed by atoms with Crippen molar-refractivity contribution in [3.8, 4) is 0 Å². The van der Waals surface area contributed by atoms with Crippen LogP contribution in [-0.4, -0.2) is 31.2 Å². The zero-order chi connectivity index (χ0) is 21.1. The van der Waals surface area contributed by atoms with Gasteiger partial charge in [-0.3, -0.25) is 13.6 Å². The van der Waals surface area contributed by atoms with E-state index in [0.29, 0.717) is 19.5 Å². The Kier molecular flexibility index (Phi) is 12.2. The van der Waals surface area contributed by atoms with Crippen LogP contribution in [0.25, 0.3) is 0 Å². The Morgan fingerprint density at radius 2 is 1.04 bits per heavy atom. The summed E-state index contributed by atoms with van der Waals surface area (Å²) in [6, 6.07) is 0. The Hall–Kier alpha value is -0.270. The molecular weight excluding hydrogens is 397 g/mol. The second-order valence-electron chi connectivity index (χ2n) is 6.74. The molecule has 0 rings (SSSR count). The number of hydrogen-bond donors (Lipinski definition) is 0. The number of alkyl halides is 6. The molecule has 0 saturated carbocycles. The molecule has 0 aromatic carbocycles. The molecule has 0 aliphatic heterocycles. The van der Waals surface area contributed by atoms with Crippen LogP contribution in [0.15, 0.2) is 0 Å². The van der Waals surface area contributed by atoms with Gasteiger partial charge in [0.2, 0.25) is 0 Å². The average molecular weight is 428 g/mol. The van der Waals surface area contributed by atoms with Gasteiger partial charge in [0, 0.05) is 6.66 Å². The Balaban J connectivity index is 4.93. The molecule has 164 valence electrons. The van der Waals surface area contributed by atoms with E-state index in [0.717, 1.165) is 25.7 Å². The van der Waals surface area contributed by atoms with Crippen molar-refractivity contribution < 1.29 is 40.0 Å². The molecule has 0 saturated heterocycles. The van der Waals surface area contributed by atoms with Gasteiger partial charge in [0.25, 0.3) is 0 Å². The molecule has 0 bridgehead atoms. The van der Waals surface area contributed by atoms with Crippen molar-refractivity contribution >= 4 is 7.60 Å². The third-order valence-electron chi connectivity index (χ3n) is 4.01. The highest BCUT2D eigenvalue weighted by Gasteiger charge is 2.47. The number of hydrogen-bond acceptors (Lipinski definition) is 3. The van der Waals surface area contributed by atoms with E-state index in [1.807, 2.05) is 13.8 Å². The predicted octanol–water partition coefficient (Wildman–Crippen LogP) is 7.65. The summed E-state index contributed by atoms with van der Waals surface area (Å²) in [5.41, 5.74) is 0. The summed E-state index contributed by atoms with van der Waals surface area (Å²) in [5, 5.41) is 0. The molecule has 0 aromatic heterocycles. The van der Waals surface area contributed by atoms with Crippen molar-refractivity contribution in [2.45, 2.75) is 103 Å². The van der Waals surface area contributed by atoms with Crippen LogP contribution in [0, 0.1) is 0 Å². The first-order chi connectivity index (χ1) is 12.3. The average Bonchev–Trinajstić information content (AvgIpc) is 2.51. The Morgan fingerprint density at radius 3 is 1.30 bits per heavy atom. The van der Waals surface area contributed by atoms with E-state index in [9.17, 15) is 30.9 Å². The molecule has 27 heavy (non-hydrogen) atoms. The van der Waals surface area contributed by atoms with Gasteiger partial charge in [-0.2, -0.15) is 26.3 Å². The number of rotatable bonds is 14. The summed E-state index contributed by atoms with van der Waals surface area (Å²) in [7, 11) is -4.55. The fourth-order valence-corrected chi connectivity index (χ4v) is 3.98. The zero-order valence-electron chi connectivity index (χ0n) is 16.2. The van der Waals surface area contributed by atoms with Gasteiger partial charge in [0.05, 0.1) is 0 Å². The minimum atomic E-state index is -4.82. The first-order valence-electron chi connectivity index (χ1n) is 9.41. The highest BCUT2D eigenvalue weighted by Crippen LogP contribution is 2.52. The van der Waals surface area contributed by atoms with Gasteiger partial charge in [-0.1, -0.05) is 65.2 Å². The Labute approximate surface area is 157 Å². The summed E-state index contributed by atoms with van der Waals surface area (Å²) in [5.74, 6) is 0. The minimum Gasteiger partial charge on any atom is -0.296 e. The first-order valence-corrected chi connectivity index (χ1v) is 11.4. The van der Waals surface area contributed by atoms with E-state index < -0.39 is 45.0 Å². The topological polar surface area (TPSA) is 35.5 Å². The maximum atomic E-state index is 13.1. The van der Waals surface area contributed by atoms with Gasteiger partial charge >= 0.3 is 19.9 Å². The number of halogens is 6. The van der Waals surface area contributed by atoms with E-state index in [1.54, 1.807) is 0 Å². The second-order valence-corrected chi connectivity index (χ2v) is 8.71. The lowest BCUT2D eigenvalue weighted by Gasteiger charge is -2.28. The molecule has 3 nitrogen and oxygen atoms in total. The summed E-state index contributed by atoms with van der Waals surface area (Å²) in [6.45, 7) is 4.45. The third-order valence-corrected chi connectivity index (χ3v) is 5.28. The van der Waals surface area contributed by atoms with Crippen molar-refractivity contribution in [1.29, 1.82) is 0 Å². The SMILES string of the molecule is CCCCCC[C@H](OP(C)(=O)O[C@H](CCCCCC)C(F)(F)F)C(F)(F)F. The highest BCUT2D eigenvalue weighted by molar-refractivity contribution is 7.53. The van der Waals surface area contributed by atoms with Crippen molar-refractivity contribution in [2.75, 3.05) is 6.66 Å². The molecule has 0 spiro atoms. The maximum absolute atomic E-state index is 13.1. The van der Waals surface area contributed by atoms with Crippen LogP contribution in [0.5, 0.6) is 0 Å². The molecule has 3 atom stereocenters. The largest absolute Gasteiger partial charge is 0.415 e. The first kappa shape index (κ1) is 26.7. The fraction of sp³-hybridized carbons (Fsp3) is 1.00. The van der Waals surface area contributed by atoms with Crippen LogP contribution in [0.1, 0.15) is 78.1 Å². The van der Waals surface area contributed by atoms with Crippen molar-refractivity contribution in [2.24, 2.45) is 0 Å². The van der Waals surface area contributed by atoms with Crippen LogP contribution in [-0.2, 0) is 13.6 Å². The smallest absolute Gasteiger partial charge is 0.296 e. The molecule has 0 heterocycles.